The van der Waals surface area contributed by atoms with Crippen molar-refractivity contribution in [2.45, 2.75) is 77.5 Å². The Morgan fingerprint density at radius 3 is 2.48 bits per heavy atom. The molecule has 0 aliphatic carbocycles. The summed E-state index contributed by atoms with van der Waals surface area (Å²) >= 11 is 0. The summed E-state index contributed by atoms with van der Waals surface area (Å²) in [6.45, 7) is 3.69. The fraction of sp³-hybridized carbons (Fsp3) is 0.650. The van der Waals surface area contributed by atoms with E-state index in [9.17, 15) is 4.79 Å². The van der Waals surface area contributed by atoms with Crippen LogP contribution in [0.15, 0.2) is 30.3 Å². The van der Waals surface area contributed by atoms with Crippen molar-refractivity contribution >= 4 is 5.91 Å². The topological polar surface area (TPSA) is 29.5 Å². The number of nitrogens with zero attached hydrogens (tertiary/aromatic N) is 1. The van der Waals surface area contributed by atoms with E-state index in [0.29, 0.717) is 13.0 Å². The third-order valence-corrected chi connectivity index (χ3v) is 4.53. The minimum absolute atomic E-state index is 0.0252. The lowest BCUT2D eigenvalue weighted by Crippen LogP contribution is -2.34. The van der Waals surface area contributed by atoms with Crippen molar-refractivity contribution in [1.82, 2.24) is 4.90 Å². The molecule has 1 saturated heterocycles. The molecule has 0 saturated carbocycles. The second kappa shape index (κ2) is 10.4. The van der Waals surface area contributed by atoms with E-state index >= 15 is 0 Å². The molecule has 128 valence electrons. The van der Waals surface area contributed by atoms with Crippen molar-refractivity contribution in [2.24, 2.45) is 0 Å². The van der Waals surface area contributed by atoms with Crippen LogP contribution in [-0.4, -0.2) is 23.6 Å². The molecule has 0 radical (unpaired) electrons. The van der Waals surface area contributed by atoms with Gasteiger partial charge in [0.15, 0.2) is 0 Å². The smallest absolute Gasteiger partial charge is 0.225 e. The van der Waals surface area contributed by atoms with Crippen LogP contribution in [0.3, 0.4) is 0 Å². The molecule has 1 amide bonds. The van der Waals surface area contributed by atoms with Gasteiger partial charge in [-0.3, -0.25) is 4.79 Å². The Bertz CT molecular complexity index is 446. The molecule has 1 atom stereocenters. The Hall–Kier alpha value is -1.35. The number of benzene rings is 1. The first-order valence-electron chi connectivity index (χ1n) is 9.26. The molecule has 1 aromatic carbocycles. The lowest BCUT2D eigenvalue weighted by Gasteiger charge is -2.25. The number of ether oxygens (including phenoxy) is 1. The van der Waals surface area contributed by atoms with Gasteiger partial charge in [0.05, 0.1) is 0 Å². The van der Waals surface area contributed by atoms with Crippen LogP contribution in [0.25, 0.3) is 0 Å². The predicted molar refractivity (Wildman–Crippen MR) is 94.0 cm³/mol. The quantitative estimate of drug-likeness (QED) is 0.543. The van der Waals surface area contributed by atoms with Crippen LogP contribution in [0.1, 0.15) is 70.3 Å². The molecule has 0 aromatic heterocycles. The molecule has 1 aliphatic rings. The molecule has 3 nitrogen and oxygen atoms in total. The minimum Gasteiger partial charge on any atom is -0.358 e. The summed E-state index contributed by atoms with van der Waals surface area (Å²) in [7, 11) is 0. The number of amides is 1. The Balaban J connectivity index is 1.64. The lowest BCUT2D eigenvalue weighted by atomic mass is 10.1. The number of unbranched alkanes of at least 4 members (excludes halogenated alkanes) is 6. The summed E-state index contributed by atoms with van der Waals surface area (Å²) in [4.78, 5) is 14.0. The molecule has 0 N–H and O–H groups in total. The van der Waals surface area contributed by atoms with Gasteiger partial charge in [0.1, 0.15) is 6.23 Å². The molecular formula is C20H31NO2. The molecule has 0 spiro atoms. The van der Waals surface area contributed by atoms with Crippen LogP contribution in [0.4, 0.5) is 0 Å². The molecule has 23 heavy (non-hydrogen) atoms. The van der Waals surface area contributed by atoms with E-state index in [-0.39, 0.29) is 12.1 Å². The average molecular weight is 317 g/mol. The minimum atomic E-state index is -0.0252. The van der Waals surface area contributed by atoms with Crippen LogP contribution in [0.2, 0.25) is 0 Å². The van der Waals surface area contributed by atoms with Gasteiger partial charge in [-0.25, -0.2) is 0 Å². The Kier molecular flexibility index (Phi) is 8.16. The number of carbonyl (C=O) groups excluding carboxylic acids is 1. The lowest BCUT2D eigenvalue weighted by molar-refractivity contribution is -0.137. The van der Waals surface area contributed by atoms with Crippen molar-refractivity contribution in [2.75, 3.05) is 6.61 Å². The molecule has 0 bridgehead atoms. The van der Waals surface area contributed by atoms with Crippen molar-refractivity contribution < 1.29 is 9.53 Å². The Morgan fingerprint density at radius 2 is 1.74 bits per heavy atom. The predicted octanol–water partition coefficient (Wildman–Crippen LogP) is 4.90. The van der Waals surface area contributed by atoms with Gasteiger partial charge in [-0.2, -0.15) is 0 Å². The summed E-state index contributed by atoms with van der Waals surface area (Å²) in [5, 5.41) is 0. The van der Waals surface area contributed by atoms with E-state index in [0.717, 1.165) is 19.4 Å². The Labute approximate surface area is 141 Å². The van der Waals surface area contributed by atoms with Gasteiger partial charge in [-0.15, -0.1) is 0 Å². The molecule has 1 aliphatic heterocycles. The summed E-state index contributed by atoms with van der Waals surface area (Å²) < 4.78 is 5.99. The molecular weight excluding hydrogens is 286 g/mol. The first-order valence-corrected chi connectivity index (χ1v) is 9.26. The van der Waals surface area contributed by atoms with E-state index in [1.807, 2.05) is 23.1 Å². The number of rotatable bonds is 11. The zero-order valence-electron chi connectivity index (χ0n) is 14.5. The van der Waals surface area contributed by atoms with Crippen LogP contribution in [-0.2, 0) is 16.1 Å². The molecule has 3 heteroatoms. The van der Waals surface area contributed by atoms with E-state index in [2.05, 4.69) is 19.1 Å². The molecule has 2 rings (SSSR count). The largest absolute Gasteiger partial charge is 0.358 e. The SMILES string of the molecule is CCCCCCCCCOC1CCC(=O)N1Cc1ccccc1. The summed E-state index contributed by atoms with van der Waals surface area (Å²) in [6, 6.07) is 10.2. The van der Waals surface area contributed by atoms with Gasteiger partial charge >= 0.3 is 0 Å². The third kappa shape index (κ3) is 6.34. The summed E-state index contributed by atoms with van der Waals surface area (Å²) in [5.41, 5.74) is 1.17. The maximum atomic E-state index is 12.1. The zero-order valence-corrected chi connectivity index (χ0v) is 14.5. The average Bonchev–Trinajstić information content (AvgIpc) is 2.91. The van der Waals surface area contributed by atoms with Gasteiger partial charge in [0, 0.05) is 26.0 Å². The molecule has 1 unspecified atom stereocenters. The monoisotopic (exact) mass is 317 g/mol. The number of hydrogen-bond donors (Lipinski definition) is 0. The second-order valence-corrected chi connectivity index (χ2v) is 6.49. The highest BCUT2D eigenvalue weighted by Gasteiger charge is 2.31. The summed E-state index contributed by atoms with van der Waals surface area (Å²) in [6.07, 6.45) is 10.4. The highest BCUT2D eigenvalue weighted by Crippen LogP contribution is 2.22. The fourth-order valence-electron chi connectivity index (χ4n) is 3.13. The van der Waals surface area contributed by atoms with Crippen LogP contribution >= 0.6 is 0 Å². The van der Waals surface area contributed by atoms with Gasteiger partial charge in [-0.1, -0.05) is 75.8 Å². The standard InChI is InChI=1S/C20H31NO2/c1-2-3-4-5-6-7-11-16-23-20-15-14-19(22)21(20)17-18-12-9-8-10-13-18/h8-10,12-13,20H,2-7,11,14-17H2,1H3. The number of likely N-dealkylation sites (tertiary alicyclic amines) is 1. The van der Waals surface area contributed by atoms with Crippen LogP contribution in [0.5, 0.6) is 0 Å². The Morgan fingerprint density at radius 1 is 1.04 bits per heavy atom. The second-order valence-electron chi connectivity index (χ2n) is 6.49. The van der Waals surface area contributed by atoms with Crippen LogP contribution < -0.4 is 0 Å². The van der Waals surface area contributed by atoms with E-state index in [4.69, 9.17) is 4.74 Å². The molecule has 1 heterocycles. The van der Waals surface area contributed by atoms with Crippen LogP contribution in [0, 0.1) is 0 Å². The van der Waals surface area contributed by atoms with Crippen molar-refractivity contribution in [1.29, 1.82) is 0 Å². The van der Waals surface area contributed by atoms with Gasteiger partial charge in [0.2, 0.25) is 5.91 Å². The normalized spacial score (nSPS) is 17.9. The zero-order chi connectivity index (χ0) is 16.3. The number of hydrogen-bond acceptors (Lipinski definition) is 2. The maximum absolute atomic E-state index is 12.1. The van der Waals surface area contributed by atoms with E-state index < -0.39 is 0 Å². The first-order chi connectivity index (χ1) is 11.3. The molecule has 1 aromatic rings. The van der Waals surface area contributed by atoms with Gasteiger partial charge in [-0.05, 0) is 12.0 Å². The van der Waals surface area contributed by atoms with Gasteiger partial charge in [0.25, 0.3) is 0 Å². The molecule has 1 fully saturated rings. The van der Waals surface area contributed by atoms with Crippen molar-refractivity contribution in [3.63, 3.8) is 0 Å². The third-order valence-electron chi connectivity index (χ3n) is 4.53. The van der Waals surface area contributed by atoms with Crippen molar-refractivity contribution in [3.8, 4) is 0 Å². The highest BCUT2D eigenvalue weighted by molar-refractivity contribution is 5.78. The summed E-state index contributed by atoms with van der Waals surface area (Å²) in [5.74, 6) is 0.221. The first kappa shape index (κ1) is 18.0. The van der Waals surface area contributed by atoms with E-state index in [1.165, 1.54) is 44.1 Å². The maximum Gasteiger partial charge on any atom is 0.225 e. The van der Waals surface area contributed by atoms with E-state index in [1.54, 1.807) is 0 Å². The highest BCUT2D eigenvalue weighted by atomic mass is 16.5. The fourth-order valence-corrected chi connectivity index (χ4v) is 3.13. The van der Waals surface area contributed by atoms with Gasteiger partial charge < -0.3 is 9.64 Å². The van der Waals surface area contributed by atoms with Crippen molar-refractivity contribution in [3.05, 3.63) is 35.9 Å². The number of carbonyl (C=O) groups is 1.